The van der Waals surface area contributed by atoms with E-state index in [-0.39, 0.29) is 16.7 Å². The van der Waals surface area contributed by atoms with E-state index in [0.717, 1.165) is 13.0 Å². The Morgan fingerprint density at radius 2 is 1.95 bits per heavy atom. The maximum Gasteiger partial charge on any atom is 0.296 e. The highest BCUT2D eigenvalue weighted by atomic mass is 16.6. The summed E-state index contributed by atoms with van der Waals surface area (Å²) in [4.78, 5) is 13.0. The number of hydrogen-bond acceptors (Lipinski definition) is 6. The summed E-state index contributed by atoms with van der Waals surface area (Å²) in [6, 6.07) is 3.19. The van der Waals surface area contributed by atoms with Crippen molar-refractivity contribution in [2.24, 2.45) is 11.7 Å². The van der Waals surface area contributed by atoms with Crippen LogP contribution in [0.2, 0.25) is 0 Å². The maximum absolute atomic E-state index is 11.4. The highest BCUT2D eigenvalue weighted by molar-refractivity contribution is 5.70. The van der Waals surface area contributed by atoms with Crippen LogP contribution >= 0.6 is 0 Å². The molecule has 2 heterocycles. The fourth-order valence-corrected chi connectivity index (χ4v) is 3.06. The molecule has 0 saturated carbocycles. The molecule has 0 bridgehead atoms. The van der Waals surface area contributed by atoms with Crippen molar-refractivity contribution >= 4 is 11.4 Å². The molecule has 7 heteroatoms. The molecule has 1 aromatic rings. The van der Waals surface area contributed by atoms with Gasteiger partial charge in [-0.3, -0.25) is 10.1 Å². The summed E-state index contributed by atoms with van der Waals surface area (Å²) in [7, 11) is 0. The summed E-state index contributed by atoms with van der Waals surface area (Å²) in [6.07, 6.45) is 0.939. The molecule has 114 valence electrons. The molecule has 2 aliphatic heterocycles. The van der Waals surface area contributed by atoms with Crippen LogP contribution in [-0.4, -0.2) is 37.3 Å². The molecule has 7 nitrogen and oxygen atoms in total. The van der Waals surface area contributed by atoms with E-state index in [9.17, 15) is 10.1 Å². The Balaban J connectivity index is 2.01. The van der Waals surface area contributed by atoms with Crippen molar-refractivity contribution in [2.45, 2.75) is 19.4 Å². The number of nitro benzene ring substituents is 1. The monoisotopic (exact) mass is 293 g/mol. The number of hydrogen-bond donors (Lipinski definition) is 1. The third-order valence-corrected chi connectivity index (χ3v) is 3.87. The van der Waals surface area contributed by atoms with E-state index in [4.69, 9.17) is 15.2 Å². The van der Waals surface area contributed by atoms with Gasteiger partial charge in [0.05, 0.1) is 11.0 Å². The van der Waals surface area contributed by atoms with Crippen molar-refractivity contribution in [2.75, 3.05) is 31.2 Å². The summed E-state index contributed by atoms with van der Waals surface area (Å²) in [6.45, 7) is 4.35. The van der Waals surface area contributed by atoms with Crippen molar-refractivity contribution in [3.8, 4) is 11.5 Å². The lowest BCUT2D eigenvalue weighted by Gasteiger charge is -2.36. The Hall–Kier alpha value is -2.02. The van der Waals surface area contributed by atoms with Crippen LogP contribution in [0.1, 0.15) is 13.3 Å². The molecular formula is C14H19N3O4. The minimum absolute atomic E-state index is 0.0292. The van der Waals surface area contributed by atoms with Crippen molar-refractivity contribution in [3.63, 3.8) is 0 Å². The first-order valence-corrected chi connectivity index (χ1v) is 7.13. The molecule has 0 amide bonds. The maximum atomic E-state index is 11.4. The molecule has 21 heavy (non-hydrogen) atoms. The number of ether oxygens (including phenoxy) is 2. The summed E-state index contributed by atoms with van der Waals surface area (Å²) < 4.78 is 11.0. The first-order chi connectivity index (χ1) is 10.0. The fraction of sp³-hybridized carbons (Fsp3) is 0.571. The Kier molecular flexibility index (Phi) is 3.59. The van der Waals surface area contributed by atoms with Crippen LogP contribution in [-0.2, 0) is 0 Å². The predicted octanol–water partition coefficient (Wildman–Crippen LogP) is 1.54. The van der Waals surface area contributed by atoms with E-state index >= 15 is 0 Å². The van der Waals surface area contributed by atoms with Gasteiger partial charge in [-0.15, -0.1) is 0 Å². The third kappa shape index (κ3) is 2.73. The second-order valence-electron chi connectivity index (χ2n) is 5.75. The smallest absolute Gasteiger partial charge is 0.296 e. The zero-order valence-electron chi connectivity index (χ0n) is 11.9. The zero-order valence-corrected chi connectivity index (χ0v) is 11.9. The molecule has 0 aromatic heterocycles. The number of anilines is 1. The highest BCUT2D eigenvalue weighted by Gasteiger charge is 2.30. The Morgan fingerprint density at radius 3 is 2.57 bits per heavy atom. The number of fused-ring (bicyclic) bond motifs is 1. The molecule has 2 atom stereocenters. The second kappa shape index (κ2) is 5.40. The molecule has 1 fully saturated rings. The number of nitrogens with two attached hydrogens (primary N) is 1. The van der Waals surface area contributed by atoms with Crippen LogP contribution in [0, 0.1) is 16.0 Å². The molecule has 2 unspecified atom stereocenters. The zero-order chi connectivity index (χ0) is 15.0. The molecule has 2 aliphatic rings. The summed E-state index contributed by atoms with van der Waals surface area (Å²) >= 11 is 0. The number of benzene rings is 1. The van der Waals surface area contributed by atoms with Gasteiger partial charge in [0, 0.05) is 25.2 Å². The standard InChI is InChI=1S/C14H19N3O4/c1-9-4-10(15)8-16(7-9)11-5-13-14(21-3-2-20-13)6-12(11)17(18)19/h5-6,9-10H,2-4,7-8,15H2,1H3. The third-order valence-electron chi connectivity index (χ3n) is 3.87. The minimum atomic E-state index is -0.377. The van der Waals surface area contributed by atoms with Crippen LogP contribution in [0.4, 0.5) is 11.4 Å². The van der Waals surface area contributed by atoms with Gasteiger partial charge in [0.2, 0.25) is 0 Å². The SMILES string of the molecule is CC1CC(N)CN(c2cc3c(cc2[N+](=O)[O-])OCCO3)C1. The van der Waals surface area contributed by atoms with E-state index in [1.807, 2.05) is 4.90 Å². The molecule has 1 saturated heterocycles. The van der Waals surface area contributed by atoms with Gasteiger partial charge in [0.25, 0.3) is 5.69 Å². The largest absolute Gasteiger partial charge is 0.486 e. The van der Waals surface area contributed by atoms with E-state index in [1.165, 1.54) is 6.07 Å². The molecule has 3 rings (SSSR count). The molecule has 0 spiro atoms. The van der Waals surface area contributed by atoms with Gasteiger partial charge in [-0.25, -0.2) is 0 Å². The van der Waals surface area contributed by atoms with Crippen molar-refractivity contribution in [1.29, 1.82) is 0 Å². The minimum Gasteiger partial charge on any atom is -0.486 e. The molecule has 1 aromatic carbocycles. The average Bonchev–Trinajstić information content (AvgIpc) is 2.44. The average molecular weight is 293 g/mol. The molecule has 2 N–H and O–H groups in total. The lowest BCUT2D eigenvalue weighted by Crippen LogP contribution is -2.46. The van der Waals surface area contributed by atoms with E-state index in [2.05, 4.69) is 6.92 Å². The number of rotatable bonds is 2. The number of piperidine rings is 1. The first kappa shape index (κ1) is 13.9. The molecule has 0 radical (unpaired) electrons. The Morgan fingerprint density at radius 1 is 1.29 bits per heavy atom. The van der Waals surface area contributed by atoms with Crippen LogP contribution in [0.25, 0.3) is 0 Å². The van der Waals surface area contributed by atoms with Gasteiger partial charge < -0.3 is 20.1 Å². The number of nitro groups is 1. The van der Waals surface area contributed by atoms with Crippen LogP contribution in [0.3, 0.4) is 0 Å². The van der Waals surface area contributed by atoms with Crippen molar-refractivity contribution in [1.82, 2.24) is 0 Å². The topological polar surface area (TPSA) is 90.9 Å². The van der Waals surface area contributed by atoms with Gasteiger partial charge in [0.1, 0.15) is 18.9 Å². The van der Waals surface area contributed by atoms with Crippen LogP contribution in [0.5, 0.6) is 11.5 Å². The summed E-state index contributed by atoms with van der Waals surface area (Å²) in [5.41, 5.74) is 6.65. The van der Waals surface area contributed by atoms with Gasteiger partial charge >= 0.3 is 0 Å². The second-order valence-corrected chi connectivity index (χ2v) is 5.75. The van der Waals surface area contributed by atoms with Crippen LogP contribution in [0.15, 0.2) is 12.1 Å². The summed E-state index contributed by atoms with van der Waals surface area (Å²) in [5.74, 6) is 1.40. The van der Waals surface area contributed by atoms with E-state index < -0.39 is 0 Å². The van der Waals surface area contributed by atoms with Gasteiger partial charge in [-0.05, 0) is 12.3 Å². The van der Waals surface area contributed by atoms with E-state index in [0.29, 0.717) is 42.9 Å². The quantitative estimate of drug-likeness (QED) is 0.657. The van der Waals surface area contributed by atoms with E-state index in [1.54, 1.807) is 6.07 Å². The lowest BCUT2D eigenvalue weighted by atomic mass is 9.96. The normalized spacial score (nSPS) is 24.8. The van der Waals surface area contributed by atoms with Gasteiger partial charge in [-0.2, -0.15) is 0 Å². The fourth-order valence-electron chi connectivity index (χ4n) is 3.06. The molecule has 0 aliphatic carbocycles. The Labute approximate surface area is 122 Å². The van der Waals surface area contributed by atoms with Crippen LogP contribution < -0.4 is 20.1 Å². The summed E-state index contributed by atoms with van der Waals surface area (Å²) in [5, 5.41) is 11.4. The predicted molar refractivity (Wildman–Crippen MR) is 78.1 cm³/mol. The number of nitrogens with zero attached hydrogens (tertiary/aromatic N) is 2. The first-order valence-electron chi connectivity index (χ1n) is 7.13. The van der Waals surface area contributed by atoms with Gasteiger partial charge in [-0.1, -0.05) is 6.92 Å². The Bertz CT molecular complexity index is 553. The highest BCUT2D eigenvalue weighted by Crippen LogP contribution is 2.41. The molecular weight excluding hydrogens is 274 g/mol. The van der Waals surface area contributed by atoms with Crippen molar-refractivity contribution < 1.29 is 14.4 Å². The van der Waals surface area contributed by atoms with Gasteiger partial charge in [0.15, 0.2) is 11.5 Å². The lowest BCUT2D eigenvalue weighted by molar-refractivity contribution is -0.384. The van der Waals surface area contributed by atoms with Crippen molar-refractivity contribution in [3.05, 3.63) is 22.2 Å².